The summed E-state index contributed by atoms with van der Waals surface area (Å²) in [6.45, 7) is 16.8. The highest BCUT2D eigenvalue weighted by Crippen LogP contribution is 2.09. The topological polar surface area (TPSA) is 24.5 Å². The monoisotopic (exact) mass is 272 g/mol. The van der Waals surface area contributed by atoms with Gasteiger partial charge >= 0.3 is 0 Å². The average Bonchev–Trinajstić information content (AvgIpc) is 2.33. The van der Waals surface area contributed by atoms with Gasteiger partial charge < -0.3 is 10.1 Å². The molecule has 0 saturated heterocycles. The molecule has 0 aliphatic rings. The fraction of sp³-hybridized carbons (Fsp3) is 1.00. The number of methoxy groups -OCH3 is 1. The van der Waals surface area contributed by atoms with Crippen LogP contribution in [0, 0.1) is 11.8 Å². The van der Waals surface area contributed by atoms with E-state index in [2.05, 4.69) is 44.8 Å². The number of ether oxygens (including phenoxy) is 1. The molecule has 19 heavy (non-hydrogen) atoms. The van der Waals surface area contributed by atoms with Crippen molar-refractivity contribution < 1.29 is 4.74 Å². The molecule has 0 fully saturated rings. The van der Waals surface area contributed by atoms with E-state index in [4.69, 9.17) is 4.74 Å². The molecule has 0 aromatic heterocycles. The molecule has 0 spiro atoms. The van der Waals surface area contributed by atoms with E-state index in [0.29, 0.717) is 6.04 Å². The van der Waals surface area contributed by atoms with Gasteiger partial charge in [0.05, 0.1) is 6.61 Å². The molecular weight excluding hydrogens is 236 g/mol. The molecule has 0 aliphatic carbocycles. The van der Waals surface area contributed by atoms with Crippen LogP contribution in [0.5, 0.6) is 0 Å². The zero-order valence-corrected chi connectivity index (χ0v) is 14.0. The molecular formula is C16H36N2O. The maximum absolute atomic E-state index is 5.07. The second-order valence-corrected chi connectivity index (χ2v) is 6.45. The van der Waals surface area contributed by atoms with E-state index >= 15 is 0 Å². The third-order valence-electron chi connectivity index (χ3n) is 3.53. The lowest BCUT2D eigenvalue weighted by Crippen LogP contribution is -2.42. The summed E-state index contributed by atoms with van der Waals surface area (Å²) in [6.07, 6.45) is 2.58. The first-order chi connectivity index (χ1) is 8.97. The lowest BCUT2D eigenvalue weighted by atomic mass is 10.1. The minimum absolute atomic E-state index is 0.606. The summed E-state index contributed by atoms with van der Waals surface area (Å²) >= 11 is 0. The Bertz CT molecular complexity index is 183. The molecule has 1 N–H and O–H groups in total. The molecule has 0 rings (SSSR count). The van der Waals surface area contributed by atoms with E-state index in [9.17, 15) is 0 Å². The molecule has 0 heterocycles. The van der Waals surface area contributed by atoms with Crippen LogP contribution >= 0.6 is 0 Å². The van der Waals surface area contributed by atoms with E-state index in [1.54, 1.807) is 7.11 Å². The molecule has 116 valence electrons. The van der Waals surface area contributed by atoms with Crippen molar-refractivity contribution in [1.29, 1.82) is 0 Å². The van der Waals surface area contributed by atoms with Crippen molar-refractivity contribution in [2.24, 2.45) is 11.8 Å². The first-order valence-corrected chi connectivity index (χ1v) is 7.91. The van der Waals surface area contributed by atoms with Crippen LogP contribution in [0.1, 0.15) is 47.5 Å². The van der Waals surface area contributed by atoms with Crippen molar-refractivity contribution in [2.45, 2.75) is 53.5 Å². The maximum Gasteiger partial charge on any atom is 0.0587 e. The summed E-state index contributed by atoms with van der Waals surface area (Å²) in [5.41, 5.74) is 0. The van der Waals surface area contributed by atoms with Gasteiger partial charge in [-0.05, 0) is 44.7 Å². The summed E-state index contributed by atoms with van der Waals surface area (Å²) in [6, 6.07) is 0.606. The predicted octanol–water partition coefficient (Wildman–Crippen LogP) is 3.01. The van der Waals surface area contributed by atoms with E-state index in [1.165, 1.54) is 25.9 Å². The quantitative estimate of drug-likeness (QED) is 0.553. The molecule has 0 aromatic carbocycles. The van der Waals surface area contributed by atoms with E-state index in [-0.39, 0.29) is 0 Å². The summed E-state index contributed by atoms with van der Waals surface area (Å²) in [4.78, 5) is 2.64. The van der Waals surface area contributed by atoms with Crippen molar-refractivity contribution in [1.82, 2.24) is 10.2 Å². The normalized spacial score (nSPS) is 13.7. The smallest absolute Gasteiger partial charge is 0.0587 e. The van der Waals surface area contributed by atoms with Gasteiger partial charge in [-0.15, -0.1) is 0 Å². The summed E-state index contributed by atoms with van der Waals surface area (Å²) in [7, 11) is 1.75. The lowest BCUT2D eigenvalue weighted by molar-refractivity contribution is 0.172. The SMILES string of the molecule is COCCNCC(C)N(CCC(C)C)CCC(C)C. The van der Waals surface area contributed by atoms with Gasteiger partial charge in [-0.25, -0.2) is 0 Å². The summed E-state index contributed by atoms with van der Waals surface area (Å²) in [5, 5.41) is 3.48. The van der Waals surface area contributed by atoms with Gasteiger partial charge in [-0.1, -0.05) is 27.7 Å². The van der Waals surface area contributed by atoms with Gasteiger partial charge in [0.15, 0.2) is 0 Å². The molecule has 0 aromatic rings. The van der Waals surface area contributed by atoms with Gasteiger partial charge in [-0.3, -0.25) is 4.90 Å². The highest BCUT2D eigenvalue weighted by Gasteiger charge is 2.14. The highest BCUT2D eigenvalue weighted by atomic mass is 16.5. The van der Waals surface area contributed by atoms with Gasteiger partial charge in [0, 0.05) is 26.2 Å². The van der Waals surface area contributed by atoms with Gasteiger partial charge in [0.2, 0.25) is 0 Å². The highest BCUT2D eigenvalue weighted by molar-refractivity contribution is 4.71. The number of hydrogen-bond acceptors (Lipinski definition) is 3. The number of nitrogens with zero attached hydrogens (tertiary/aromatic N) is 1. The Morgan fingerprint density at radius 3 is 1.89 bits per heavy atom. The molecule has 0 aliphatic heterocycles. The molecule has 0 radical (unpaired) electrons. The Balaban J connectivity index is 4.04. The minimum atomic E-state index is 0.606. The second-order valence-electron chi connectivity index (χ2n) is 6.45. The zero-order valence-electron chi connectivity index (χ0n) is 14.0. The Labute approximate surface area is 121 Å². The molecule has 0 amide bonds. The van der Waals surface area contributed by atoms with Gasteiger partial charge in [0.25, 0.3) is 0 Å². The zero-order chi connectivity index (χ0) is 14.7. The summed E-state index contributed by atoms with van der Waals surface area (Å²) < 4.78 is 5.07. The number of nitrogens with one attached hydrogen (secondary N) is 1. The van der Waals surface area contributed by atoms with Crippen molar-refractivity contribution in [3.63, 3.8) is 0 Å². The Morgan fingerprint density at radius 1 is 0.947 bits per heavy atom. The van der Waals surface area contributed by atoms with Crippen molar-refractivity contribution in [2.75, 3.05) is 39.9 Å². The van der Waals surface area contributed by atoms with Gasteiger partial charge in [-0.2, -0.15) is 0 Å². The molecule has 0 saturated carbocycles. The fourth-order valence-electron chi connectivity index (χ4n) is 2.01. The molecule has 1 unspecified atom stereocenters. The largest absolute Gasteiger partial charge is 0.383 e. The first-order valence-electron chi connectivity index (χ1n) is 7.91. The number of hydrogen-bond donors (Lipinski definition) is 1. The molecule has 0 bridgehead atoms. The molecule has 3 nitrogen and oxygen atoms in total. The van der Waals surface area contributed by atoms with Gasteiger partial charge in [0.1, 0.15) is 0 Å². The van der Waals surface area contributed by atoms with E-state index in [1.807, 2.05) is 0 Å². The van der Waals surface area contributed by atoms with Crippen molar-refractivity contribution in [3.05, 3.63) is 0 Å². The van der Waals surface area contributed by atoms with Crippen LogP contribution in [0.2, 0.25) is 0 Å². The Hall–Kier alpha value is -0.120. The Morgan fingerprint density at radius 2 is 1.47 bits per heavy atom. The third-order valence-corrected chi connectivity index (χ3v) is 3.53. The van der Waals surface area contributed by atoms with Crippen LogP contribution in [-0.2, 0) is 4.74 Å². The third kappa shape index (κ3) is 11.4. The first kappa shape index (κ1) is 18.9. The molecule has 1 atom stereocenters. The molecule has 3 heteroatoms. The van der Waals surface area contributed by atoms with Crippen molar-refractivity contribution >= 4 is 0 Å². The lowest BCUT2D eigenvalue weighted by Gasteiger charge is -2.30. The van der Waals surface area contributed by atoms with Crippen LogP contribution in [-0.4, -0.2) is 50.8 Å². The second kappa shape index (κ2) is 11.7. The fourth-order valence-corrected chi connectivity index (χ4v) is 2.01. The minimum Gasteiger partial charge on any atom is -0.383 e. The van der Waals surface area contributed by atoms with E-state index in [0.717, 1.165) is 31.5 Å². The predicted molar refractivity (Wildman–Crippen MR) is 84.7 cm³/mol. The number of rotatable bonds is 12. The van der Waals surface area contributed by atoms with Crippen LogP contribution in [0.25, 0.3) is 0 Å². The van der Waals surface area contributed by atoms with Crippen molar-refractivity contribution in [3.8, 4) is 0 Å². The maximum atomic E-state index is 5.07. The average molecular weight is 272 g/mol. The van der Waals surface area contributed by atoms with Crippen LogP contribution in [0.15, 0.2) is 0 Å². The summed E-state index contributed by atoms with van der Waals surface area (Å²) in [5.74, 6) is 1.57. The van der Waals surface area contributed by atoms with Crippen LogP contribution in [0.3, 0.4) is 0 Å². The van der Waals surface area contributed by atoms with Crippen LogP contribution < -0.4 is 5.32 Å². The standard InChI is InChI=1S/C16H36N2O/c1-14(2)7-10-18(11-8-15(3)4)16(5)13-17-9-12-19-6/h14-17H,7-13H2,1-6H3. The van der Waals surface area contributed by atoms with E-state index < -0.39 is 0 Å². The Kier molecular flexibility index (Phi) is 11.6. The van der Waals surface area contributed by atoms with Crippen LogP contribution in [0.4, 0.5) is 0 Å².